The highest BCUT2D eigenvalue weighted by molar-refractivity contribution is 8.02. The smallest absolute Gasteiger partial charge is 0.0483 e. The van der Waals surface area contributed by atoms with E-state index in [1.54, 1.807) is 0 Å². The second-order valence-electron chi connectivity index (χ2n) is 4.32. The maximum absolute atomic E-state index is 2.34. The Bertz CT molecular complexity index is 474. The van der Waals surface area contributed by atoms with E-state index in [-0.39, 0.29) is 5.41 Å². The summed E-state index contributed by atoms with van der Waals surface area (Å²) in [6, 6.07) is 21.5. The second-order valence-corrected chi connectivity index (χ2v) is 5.21. The summed E-state index contributed by atoms with van der Waals surface area (Å²) in [5, 5.41) is 2.22. The zero-order valence-electron chi connectivity index (χ0n) is 9.54. The number of allylic oxidation sites excluding steroid dienone is 1. The lowest BCUT2D eigenvalue weighted by Crippen LogP contribution is -2.25. The number of thioether (sulfide) groups is 1. The third kappa shape index (κ3) is 1.81. The van der Waals surface area contributed by atoms with Crippen LogP contribution >= 0.6 is 11.8 Å². The zero-order valence-corrected chi connectivity index (χ0v) is 10.4. The molecule has 1 aliphatic rings. The van der Waals surface area contributed by atoms with Crippen molar-refractivity contribution in [1.29, 1.82) is 0 Å². The van der Waals surface area contributed by atoms with Crippen LogP contribution in [0.4, 0.5) is 0 Å². The van der Waals surface area contributed by atoms with E-state index >= 15 is 0 Å². The van der Waals surface area contributed by atoms with Crippen LogP contribution < -0.4 is 0 Å². The summed E-state index contributed by atoms with van der Waals surface area (Å²) < 4.78 is 0. The molecular formula is C16H14S. The van der Waals surface area contributed by atoms with Crippen LogP contribution in [0.3, 0.4) is 0 Å². The largest absolute Gasteiger partial charge is 0.133 e. The summed E-state index contributed by atoms with van der Waals surface area (Å²) in [6.45, 7) is 0. The molecule has 0 bridgehead atoms. The van der Waals surface area contributed by atoms with E-state index in [0.29, 0.717) is 0 Å². The molecule has 0 saturated carbocycles. The molecule has 2 aromatic carbocycles. The van der Waals surface area contributed by atoms with Crippen molar-refractivity contribution in [3.63, 3.8) is 0 Å². The van der Waals surface area contributed by atoms with Crippen LogP contribution in [0, 0.1) is 0 Å². The van der Waals surface area contributed by atoms with Gasteiger partial charge in [-0.3, -0.25) is 0 Å². The van der Waals surface area contributed by atoms with E-state index in [9.17, 15) is 0 Å². The van der Waals surface area contributed by atoms with Crippen LogP contribution in [0.25, 0.3) is 0 Å². The lowest BCUT2D eigenvalue weighted by molar-refractivity contribution is 0.748. The Balaban J connectivity index is 2.15. The Kier molecular flexibility index (Phi) is 2.77. The molecule has 0 radical (unpaired) electrons. The van der Waals surface area contributed by atoms with Gasteiger partial charge in [-0.25, -0.2) is 0 Å². The van der Waals surface area contributed by atoms with Crippen LogP contribution in [0.5, 0.6) is 0 Å². The van der Waals surface area contributed by atoms with Crippen LogP contribution in [0.2, 0.25) is 0 Å². The summed E-state index contributed by atoms with van der Waals surface area (Å²) in [4.78, 5) is 0. The summed E-state index contributed by atoms with van der Waals surface area (Å²) in [7, 11) is 0. The van der Waals surface area contributed by atoms with Gasteiger partial charge in [0.05, 0.1) is 0 Å². The second kappa shape index (κ2) is 4.42. The number of hydrogen-bond donors (Lipinski definition) is 0. The monoisotopic (exact) mass is 238 g/mol. The quantitative estimate of drug-likeness (QED) is 0.754. The first-order valence-corrected chi connectivity index (χ1v) is 6.87. The highest BCUT2D eigenvalue weighted by atomic mass is 32.2. The van der Waals surface area contributed by atoms with Crippen molar-refractivity contribution in [2.24, 2.45) is 0 Å². The summed E-state index contributed by atoms with van der Waals surface area (Å²) in [5.41, 5.74) is 2.83. The van der Waals surface area contributed by atoms with Crippen LogP contribution in [0.15, 0.2) is 72.1 Å². The summed E-state index contributed by atoms with van der Waals surface area (Å²) in [5.74, 6) is 1.10. The summed E-state index contributed by atoms with van der Waals surface area (Å²) >= 11 is 1.89. The van der Waals surface area contributed by atoms with Crippen LogP contribution in [-0.4, -0.2) is 5.75 Å². The SMILES string of the molecule is C1=CC(c2ccccc2)(c2ccccc2)CS1. The Morgan fingerprint density at radius 2 is 1.29 bits per heavy atom. The maximum Gasteiger partial charge on any atom is 0.0483 e. The van der Waals surface area contributed by atoms with Crippen molar-refractivity contribution in [2.75, 3.05) is 5.75 Å². The third-order valence-electron chi connectivity index (χ3n) is 3.34. The predicted molar refractivity (Wildman–Crippen MR) is 75.3 cm³/mol. The van der Waals surface area contributed by atoms with E-state index in [4.69, 9.17) is 0 Å². The molecule has 1 heterocycles. The molecular weight excluding hydrogens is 224 g/mol. The molecule has 1 heteroatoms. The van der Waals surface area contributed by atoms with Crippen molar-refractivity contribution in [2.45, 2.75) is 5.41 Å². The van der Waals surface area contributed by atoms with Gasteiger partial charge >= 0.3 is 0 Å². The molecule has 2 aromatic rings. The Hall–Kier alpha value is -1.47. The maximum atomic E-state index is 2.34. The number of rotatable bonds is 2. The average Bonchev–Trinajstić information content (AvgIpc) is 2.91. The molecule has 17 heavy (non-hydrogen) atoms. The molecule has 3 rings (SSSR count). The Morgan fingerprint density at radius 1 is 0.765 bits per heavy atom. The van der Waals surface area contributed by atoms with Crippen molar-refractivity contribution in [1.82, 2.24) is 0 Å². The van der Waals surface area contributed by atoms with Gasteiger partial charge in [0.1, 0.15) is 0 Å². The van der Waals surface area contributed by atoms with Gasteiger partial charge in [0.25, 0.3) is 0 Å². The predicted octanol–water partition coefficient (Wildman–Crippen LogP) is 4.23. The zero-order chi connectivity index (χ0) is 11.6. The average molecular weight is 238 g/mol. The van der Waals surface area contributed by atoms with Crippen LogP contribution in [0.1, 0.15) is 11.1 Å². The summed E-state index contributed by atoms with van der Waals surface area (Å²) in [6.07, 6.45) is 2.34. The molecule has 0 unspecified atom stereocenters. The van der Waals surface area contributed by atoms with Gasteiger partial charge < -0.3 is 0 Å². The van der Waals surface area contributed by atoms with Gasteiger partial charge in [-0.2, -0.15) is 0 Å². The minimum Gasteiger partial charge on any atom is -0.133 e. The molecule has 0 aromatic heterocycles. The first-order chi connectivity index (χ1) is 8.42. The molecule has 0 nitrogen and oxygen atoms in total. The normalized spacial score (nSPS) is 17.2. The van der Waals surface area contributed by atoms with Gasteiger partial charge in [0.2, 0.25) is 0 Å². The molecule has 0 aliphatic carbocycles. The van der Waals surface area contributed by atoms with Crippen LogP contribution in [-0.2, 0) is 5.41 Å². The van der Waals surface area contributed by atoms with E-state index < -0.39 is 0 Å². The minimum absolute atomic E-state index is 0.0627. The van der Waals surface area contributed by atoms with E-state index in [1.807, 2.05) is 11.8 Å². The molecule has 0 N–H and O–H groups in total. The lowest BCUT2D eigenvalue weighted by Gasteiger charge is -2.28. The Labute approximate surface area is 106 Å². The molecule has 1 aliphatic heterocycles. The highest BCUT2D eigenvalue weighted by Crippen LogP contribution is 2.41. The fraction of sp³-hybridized carbons (Fsp3) is 0.125. The molecule has 0 fully saturated rings. The Morgan fingerprint density at radius 3 is 1.71 bits per heavy atom. The van der Waals surface area contributed by atoms with Gasteiger partial charge in [-0.05, 0) is 16.5 Å². The molecule has 0 saturated heterocycles. The van der Waals surface area contributed by atoms with E-state index in [2.05, 4.69) is 72.1 Å². The van der Waals surface area contributed by atoms with Crippen molar-refractivity contribution < 1.29 is 0 Å². The van der Waals surface area contributed by atoms with E-state index in [0.717, 1.165) is 5.75 Å². The number of benzene rings is 2. The van der Waals surface area contributed by atoms with Gasteiger partial charge in [-0.1, -0.05) is 66.7 Å². The number of hydrogen-bond acceptors (Lipinski definition) is 1. The fourth-order valence-corrected chi connectivity index (χ4v) is 3.51. The highest BCUT2D eigenvalue weighted by Gasteiger charge is 2.33. The van der Waals surface area contributed by atoms with Crippen molar-refractivity contribution >= 4 is 11.8 Å². The molecule has 84 valence electrons. The molecule has 0 atom stereocenters. The third-order valence-corrected chi connectivity index (χ3v) is 4.29. The minimum atomic E-state index is 0.0627. The van der Waals surface area contributed by atoms with Gasteiger partial charge in [-0.15, -0.1) is 11.8 Å². The molecule has 0 amide bonds. The standard InChI is InChI=1S/C16H14S/c1-3-7-14(8-4-1)16(11-12-17-13-16)15-9-5-2-6-10-15/h1-12H,13H2. The molecule has 0 spiro atoms. The first kappa shape index (κ1) is 10.7. The van der Waals surface area contributed by atoms with Gasteiger partial charge in [0, 0.05) is 11.2 Å². The van der Waals surface area contributed by atoms with Gasteiger partial charge in [0.15, 0.2) is 0 Å². The first-order valence-electron chi connectivity index (χ1n) is 5.82. The van der Waals surface area contributed by atoms with Crippen molar-refractivity contribution in [3.05, 3.63) is 83.3 Å². The topological polar surface area (TPSA) is 0 Å². The van der Waals surface area contributed by atoms with Crippen molar-refractivity contribution in [3.8, 4) is 0 Å². The fourth-order valence-electron chi connectivity index (χ4n) is 2.39. The lowest BCUT2D eigenvalue weighted by atomic mass is 9.76. The van der Waals surface area contributed by atoms with E-state index in [1.165, 1.54) is 11.1 Å².